The van der Waals surface area contributed by atoms with E-state index in [0.717, 1.165) is 11.1 Å². The summed E-state index contributed by atoms with van der Waals surface area (Å²) in [5.74, 6) is 0.129. The van der Waals surface area contributed by atoms with Crippen LogP contribution < -0.4 is 10.1 Å². The van der Waals surface area contributed by atoms with E-state index in [1.54, 1.807) is 25.3 Å². The van der Waals surface area contributed by atoms with Gasteiger partial charge >= 0.3 is 5.97 Å². The van der Waals surface area contributed by atoms with E-state index in [2.05, 4.69) is 10.1 Å². The largest absolute Gasteiger partial charge is 0.496 e. The Kier molecular flexibility index (Phi) is 5.36. The van der Waals surface area contributed by atoms with Gasteiger partial charge in [-0.3, -0.25) is 4.79 Å². The number of anilines is 1. The molecule has 2 rings (SSSR count). The molecule has 0 atom stereocenters. The Morgan fingerprint density at radius 2 is 1.83 bits per heavy atom. The predicted octanol–water partition coefficient (Wildman–Crippen LogP) is 2.97. The van der Waals surface area contributed by atoms with E-state index < -0.39 is 5.97 Å². The Hall–Kier alpha value is -2.82. The highest BCUT2D eigenvalue weighted by molar-refractivity contribution is 5.95. The molecule has 0 spiro atoms. The van der Waals surface area contributed by atoms with Crippen LogP contribution in [0.25, 0.3) is 0 Å². The van der Waals surface area contributed by atoms with Crippen LogP contribution in [0.4, 0.5) is 5.69 Å². The molecular weight excluding hydrogens is 294 g/mol. The Balaban J connectivity index is 2.10. The average molecular weight is 313 g/mol. The summed E-state index contributed by atoms with van der Waals surface area (Å²) in [6.45, 7) is 1.82. The van der Waals surface area contributed by atoms with Crippen LogP contribution >= 0.6 is 0 Å². The van der Waals surface area contributed by atoms with Crippen molar-refractivity contribution >= 4 is 17.6 Å². The summed E-state index contributed by atoms with van der Waals surface area (Å²) in [6.07, 6.45) is 0.211. The van der Waals surface area contributed by atoms with Crippen molar-refractivity contribution in [2.24, 2.45) is 0 Å². The van der Waals surface area contributed by atoms with E-state index in [1.165, 1.54) is 7.11 Å². The quantitative estimate of drug-likeness (QED) is 0.862. The third-order valence-electron chi connectivity index (χ3n) is 3.47. The molecule has 0 aliphatic heterocycles. The van der Waals surface area contributed by atoms with Gasteiger partial charge in [-0.25, -0.2) is 4.79 Å². The molecule has 0 saturated carbocycles. The van der Waals surface area contributed by atoms with Crippen molar-refractivity contribution in [2.45, 2.75) is 13.3 Å². The van der Waals surface area contributed by atoms with Gasteiger partial charge in [-0.15, -0.1) is 0 Å². The minimum Gasteiger partial charge on any atom is -0.496 e. The van der Waals surface area contributed by atoms with Gasteiger partial charge in [0.2, 0.25) is 5.91 Å². The monoisotopic (exact) mass is 313 g/mol. The lowest BCUT2D eigenvalue weighted by atomic mass is 10.1. The highest BCUT2D eigenvalue weighted by atomic mass is 16.5. The van der Waals surface area contributed by atoms with Gasteiger partial charge in [0.05, 0.1) is 26.2 Å². The number of aryl methyl sites for hydroxylation is 1. The molecule has 0 fully saturated rings. The minimum absolute atomic E-state index is 0.150. The molecule has 0 heterocycles. The lowest BCUT2D eigenvalue weighted by molar-refractivity contribution is -0.115. The van der Waals surface area contributed by atoms with E-state index >= 15 is 0 Å². The number of amides is 1. The maximum atomic E-state index is 12.2. The van der Waals surface area contributed by atoms with Crippen LogP contribution in [0.1, 0.15) is 21.5 Å². The summed E-state index contributed by atoms with van der Waals surface area (Å²) in [5, 5.41) is 2.85. The van der Waals surface area contributed by atoms with Gasteiger partial charge < -0.3 is 14.8 Å². The fourth-order valence-electron chi connectivity index (χ4n) is 2.27. The zero-order chi connectivity index (χ0) is 16.8. The molecule has 5 nitrogen and oxygen atoms in total. The Morgan fingerprint density at radius 3 is 2.48 bits per heavy atom. The number of ether oxygens (including phenoxy) is 2. The summed E-state index contributed by atoms with van der Waals surface area (Å²) in [7, 11) is 2.91. The van der Waals surface area contributed by atoms with Crippen LogP contribution in [0.2, 0.25) is 0 Å². The summed E-state index contributed by atoms with van der Waals surface area (Å²) >= 11 is 0. The van der Waals surface area contributed by atoms with Crippen LogP contribution in [0.5, 0.6) is 5.75 Å². The second-order valence-corrected chi connectivity index (χ2v) is 5.06. The normalized spacial score (nSPS) is 10.0. The first-order valence-corrected chi connectivity index (χ1v) is 7.16. The standard InChI is InChI=1S/C18H19NO4/c1-12-10-14(18(21)23-3)8-9-15(12)19-17(20)11-13-6-4-5-7-16(13)22-2/h4-10H,11H2,1-3H3,(H,19,20). The molecule has 0 unspecified atom stereocenters. The molecule has 5 heteroatoms. The molecule has 0 aliphatic carbocycles. The number of hydrogen-bond donors (Lipinski definition) is 1. The zero-order valence-corrected chi connectivity index (χ0v) is 13.4. The highest BCUT2D eigenvalue weighted by Gasteiger charge is 2.11. The van der Waals surface area contributed by atoms with Crippen LogP contribution in [-0.4, -0.2) is 26.1 Å². The van der Waals surface area contributed by atoms with Crippen molar-refractivity contribution in [1.29, 1.82) is 0 Å². The van der Waals surface area contributed by atoms with Gasteiger partial charge in [0, 0.05) is 11.3 Å². The number of carbonyl (C=O) groups is 2. The fraction of sp³-hybridized carbons (Fsp3) is 0.222. The molecule has 1 N–H and O–H groups in total. The average Bonchev–Trinajstić information content (AvgIpc) is 2.56. The maximum absolute atomic E-state index is 12.2. The molecule has 0 aliphatic rings. The molecule has 120 valence electrons. The summed E-state index contributed by atoms with van der Waals surface area (Å²) < 4.78 is 9.92. The smallest absolute Gasteiger partial charge is 0.337 e. The molecule has 0 aromatic heterocycles. The number of methoxy groups -OCH3 is 2. The molecular formula is C18H19NO4. The Morgan fingerprint density at radius 1 is 1.09 bits per heavy atom. The van der Waals surface area contributed by atoms with E-state index in [-0.39, 0.29) is 12.3 Å². The van der Waals surface area contributed by atoms with Crippen molar-refractivity contribution < 1.29 is 19.1 Å². The number of benzene rings is 2. The topological polar surface area (TPSA) is 64.6 Å². The third kappa shape index (κ3) is 4.10. The van der Waals surface area contributed by atoms with Crippen molar-refractivity contribution in [3.8, 4) is 5.75 Å². The van der Waals surface area contributed by atoms with Gasteiger partial charge in [0.15, 0.2) is 0 Å². The van der Waals surface area contributed by atoms with Gasteiger partial charge in [-0.1, -0.05) is 18.2 Å². The summed E-state index contributed by atoms with van der Waals surface area (Å²) in [4.78, 5) is 23.7. The second kappa shape index (κ2) is 7.45. The fourth-order valence-corrected chi connectivity index (χ4v) is 2.27. The number of rotatable bonds is 5. The molecule has 1 amide bonds. The SMILES string of the molecule is COC(=O)c1ccc(NC(=O)Cc2ccccc2OC)c(C)c1. The molecule has 0 bridgehead atoms. The highest BCUT2D eigenvalue weighted by Crippen LogP contribution is 2.20. The first-order chi connectivity index (χ1) is 11.0. The number of nitrogens with one attached hydrogen (secondary N) is 1. The zero-order valence-electron chi connectivity index (χ0n) is 13.4. The van der Waals surface area contributed by atoms with Crippen LogP contribution in [0.3, 0.4) is 0 Å². The molecule has 0 radical (unpaired) electrons. The lowest BCUT2D eigenvalue weighted by Gasteiger charge is -2.11. The number of esters is 1. The van der Waals surface area contributed by atoms with Crippen LogP contribution in [-0.2, 0) is 16.0 Å². The second-order valence-electron chi connectivity index (χ2n) is 5.06. The van der Waals surface area contributed by atoms with Gasteiger partial charge in [0.25, 0.3) is 0 Å². The first kappa shape index (κ1) is 16.5. The summed E-state index contributed by atoms with van der Waals surface area (Å²) in [6, 6.07) is 12.4. The van der Waals surface area contributed by atoms with Gasteiger partial charge in [0.1, 0.15) is 5.75 Å². The molecule has 2 aromatic rings. The van der Waals surface area contributed by atoms with Crippen LogP contribution in [0.15, 0.2) is 42.5 Å². The van der Waals surface area contributed by atoms with E-state index in [1.807, 2.05) is 31.2 Å². The van der Waals surface area contributed by atoms with E-state index in [0.29, 0.717) is 17.0 Å². The predicted molar refractivity (Wildman–Crippen MR) is 87.8 cm³/mol. The van der Waals surface area contributed by atoms with E-state index in [4.69, 9.17) is 4.74 Å². The molecule has 0 saturated heterocycles. The van der Waals surface area contributed by atoms with Crippen molar-refractivity contribution in [1.82, 2.24) is 0 Å². The van der Waals surface area contributed by atoms with Crippen molar-refractivity contribution in [3.05, 3.63) is 59.2 Å². The molecule has 2 aromatic carbocycles. The first-order valence-electron chi connectivity index (χ1n) is 7.16. The van der Waals surface area contributed by atoms with Gasteiger partial charge in [-0.2, -0.15) is 0 Å². The van der Waals surface area contributed by atoms with Gasteiger partial charge in [-0.05, 0) is 36.8 Å². The van der Waals surface area contributed by atoms with Crippen molar-refractivity contribution in [2.75, 3.05) is 19.5 Å². The number of para-hydroxylation sites is 1. The maximum Gasteiger partial charge on any atom is 0.337 e. The van der Waals surface area contributed by atoms with E-state index in [9.17, 15) is 9.59 Å². The third-order valence-corrected chi connectivity index (χ3v) is 3.47. The summed E-state index contributed by atoms with van der Waals surface area (Å²) in [5.41, 5.74) is 2.72. The lowest BCUT2D eigenvalue weighted by Crippen LogP contribution is -2.16. The number of carbonyl (C=O) groups excluding carboxylic acids is 2. The molecule has 23 heavy (non-hydrogen) atoms. The number of hydrogen-bond acceptors (Lipinski definition) is 4. The van der Waals surface area contributed by atoms with Crippen molar-refractivity contribution in [3.63, 3.8) is 0 Å². The Bertz CT molecular complexity index is 725. The van der Waals surface area contributed by atoms with Crippen LogP contribution in [0, 0.1) is 6.92 Å². The minimum atomic E-state index is -0.403. The Labute approximate surface area is 135 Å².